The Morgan fingerprint density at radius 3 is 2.23 bits per heavy atom. The van der Waals surface area contributed by atoms with Crippen LogP contribution >= 0.6 is 23.0 Å². The van der Waals surface area contributed by atoms with Gasteiger partial charge in [-0.05, 0) is 0 Å². The Morgan fingerprint density at radius 1 is 1.15 bits per heavy atom. The Kier molecular flexibility index (Phi) is 4.29. The van der Waals surface area contributed by atoms with Crippen molar-refractivity contribution >= 4 is 23.0 Å². The molecule has 0 aromatic rings. The van der Waals surface area contributed by atoms with E-state index in [-0.39, 0.29) is 0 Å². The van der Waals surface area contributed by atoms with Crippen molar-refractivity contribution in [3.05, 3.63) is 0 Å². The summed E-state index contributed by atoms with van der Waals surface area (Å²) in [5.41, 5.74) is 0. The van der Waals surface area contributed by atoms with Gasteiger partial charge in [-0.3, -0.25) is 3.07 Å². The summed E-state index contributed by atoms with van der Waals surface area (Å²) < 4.78 is 9.61. The van der Waals surface area contributed by atoms with Crippen molar-refractivity contribution in [1.82, 2.24) is 0 Å². The van der Waals surface area contributed by atoms with Gasteiger partial charge in [0, 0.05) is 0 Å². The molecule has 0 amide bonds. The fraction of sp³-hybridized carbons (Fsp3) is 1.00. The Balaban J connectivity index is 2.66. The zero-order valence-corrected chi connectivity index (χ0v) is 8.73. The van der Waals surface area contributed by atoms with Gasteiger partial charge in [0.25, 0.3) is 0 Å². The lowest BCUT2D eigenvalue weighted by molar-refractivity contribution is -0.269. The summed E-state index contributed by atoms with van der Waals surface area (Å²) in [4.78, 5) is 0. The molecule has 0 spiro atoms. The van der Waals surface area contributed by atoms with E-state index >= 15 is 0 Å². The number of hydrogen-bond acceptors (Lipinski definition) is 6. The van der Waals surface area contributed by atoms with Gasteiger partial charge in [-0.1, -0.05) is 0 Å². The second-order valence-electron chi connectivity index (χ2n) is 2.79. The third-order valence-electron chi connectivity index (χ3n) is 1.94. The Morgan fingerprint density at radius 2 is 1.77 bits per heavy atom. The second kappa shape index (κ2) is 4.82. The molecule has 4 N–H and O–H groups in total. The third-order valence-corrected chi connectivity index (χ3v) is 2.44. The topological polar surface area (TPSA) is 99.4 Å². The quantitative estimate of drug-likeness (QED) is 0.447. The summed E-state index contributed by atoms with van der Waals surface area (Å²) in [6.07, 6.45) is -5.95. The van der Waals surface area contributed by atoms with E-state index in [2.05, 4.69) is 3.07 Å². The first-order chi connectivity index (χ1) is 6.11. The summed E-state index contributed by atoms with van der Waals surface area (Å²) in [5, 5.41) is 36.6. The maximum Gasteiger partial charge on any atom is 0.197 e. The van der Waals surface area contributed by atoms with Crippen LogP contribution < -0.4 is 0 Å². The molecule has 0 aliphatic carbocycles. The first-order valence-electron chi connectivity index (χ1n) is 3.69. The van der Waals surface area contributed by atoms with E-state index in [1.54, 1.807) is 0 Å². The molecule has 13 heavy (non-hydrogen) atoms. The molecule has 0 saturated carbocycles. The number of hydrogen-bond donors (Lipinski definition) is 4. The SMILES string of the molecule is OCC1O[C@@H](OI)[C@@H](O)[C@H](O)[C@@H]1O. The molecule has 5 atom stereocenters. The summed E-state index contributed by atoms with van der Waals surface area (Å²) >= 11 is 1.51. The van der Waals surface area contributed by atoms with Crippen LogP contribution in [0.25, 0.3) is 0 Å². The van der Waals surface area contributed by atoms with Gasteiger partial charge in [-0.2, -0.15) is 0 Å². The molecule has 0 aromatic heterocycles. The van der Waals surface area contributed by atoms with Crippen molar-refractivity contribution in [3.63, 3.8) is 0 Å². The van der Waals surface area contributed by atoms with Crippen LogP contribution in [0.5, 0.6) is 0 Å². The van der Waals surface area contributed by atoms with Gasteiger partial charge >= 0.3 is 0 Å². The van der Waals surface area contributed by atoms with Crippen molar-refractivity contribution in [3.8, 4) is 0 Å². The van der Waals surface area contributed by atoms with E-state index in [0.29, 0.717) is 0 Å². The predicted molar refractivity (Wildman–Crippen MR) is 48.9 cm³/mol. The smallest absolute Gasteiger partial charge is 0.197 e. The molecule has 1 unspecified atom stereocenters. The highest BCUT2D eigenvalue weighted by Gasteiger charge is 2.43. The largest absolute Gasteiger partial charge is 0.394 e. The van der Waals surface area contributed by atoms with Crippen molar-refractivity contribution in [1.29, 1.82) is 0 Å². The van der Waals surface area contributed by atoms with Gasteiger partial charge in [0.15, 0.2) is 6.29 Å². The van der Waals surface area contributed by atoms with E-state index in [0.717, 1.165) is 0 Å². The van der Waals surface area contributed by atoms with Gasteiger partial charge in [0.1, 0.15) is 47.4 Å². The monoisotopic (exact) mass is 306 g/mol. The average Bonchev–Trinajstić information content (AvgIpc) is 2.15. The molecule has 1 heterocycles. The first kappa shape index (κ1) is 11.6. The number of halogens is 1. The van der Waals surface area contributed by atoms with E-state index in [9.17, 15) is 15.3 Å². The first-order valence-corrected chi connectivity index (χ1v) is 4.57. The van der Waals surface area contributed by atoms with Crippen LogP contribution in [0, 0.1) is 0 Å². The predicted octanol–water partition coefficient (Wildman–Crippen LogP) is -1.85. The molecule has 6 nitrogen and oxygen atoms in total. The Bertz CT molecular complexity index is 147. The molecule has 1 aliphatic rings. The molecule has 0 bridgehead atoms. The van der Waals surface area contributed by atoms with Crippen LogP contribution in [-0.2, 0) is 7.80 Å². The summed E-state index contributed by atoms with van der Waals surface area (Å²) in [6, 6.07) is 0. The molecule has 1 fully saturated rings. The maximum atomic E-state index is 9.27. The van der Waals surface area contributed by atoms with E-state index < -0.39 is 37.3 Å². The maximum absolute atomic E-state index is 9.27. The molecule has 1 aliphatic heterocycles. The number of rotatable bonds is 2. The average molecular weight is 306 g/mol. The summed E-state index contributed by atoms with van der Waals surface area (Å²) in [5.74, 6) is 0. The zero-order chi connectivity index (χ0) is 10.0. The van der Waals surface area contributed by atoms with Gasteiger partial charge in [0.05, 0.1) is 6.61 Å². The molecule has 1 saturated heterocycles. The molecule has 7 heteroatoms. The highest BCUT2D eigenvalue weighted by molar-refractivity contribution is 14.1. The molecular weight excluding hydrogens is 295 g/mol. The molecule has 1 rings (SSSR count). The van der Waals surface area contributed by atoms with Gasteiger partial charge in [-0.25, -0.2) is 0 Å². The second-order valence-corrected chi connectivity index (χ2v) is 3.29. The highest BCUT2D eigenvalue weighted by Crippen LogP contribution is 2.22. The molecular formula is C6H11IO6. The number of aliphatic hydroxyl groups excluding tert-OH is 4. The van der Waals surface area contributed by atoms with Gasteiger partial charge in [0.2, 0.25) is 0 Å². The lowest BCUT2D eigenvalue weighted by atomic mass is 10.00. The third kappa shape index (κ3) is 2.29. The van der Waals surface area contributed by atoms with Crippen molar-refractivity contribution < 1.29 is 28.2 Å². The molecule has 78 valence electrons. The van der Waals surface area contributed by atoms with Crippen LogP contribution in [-0.4, -0.2) is 57.7 Å². The van der Waals surface area contributed by atoms with E-state index in [4.69, 9.17) is 9.84 Å². The zero-order valence-electron chi connectivity index (χ0n) is 6.58. The Labute approximate surface area is 88.8 Å². The lowest BCUT2D eigenvalue weighted by Gasteiger charge is -2.38. The van der Waals surface area contributed by atoms with Gasteiger partial charge in [-0.15, -0.1) is 0 Å². The van der Waals surface area contributed by atoms with Crippen LogP contribution in [0.4, 0.5) is 0 Å². The van der Waals surface area contributed by atoms with Crippen molar-refractivity contribution in [2.24, 2.45) is 0 Å². The van der Waals surface area contributed by atoms with Crippen LogP contribution in [0.2, 0.25) is 0 Å². The minimum absolute atomic E-state index is 0.443. The van der Waals surface area contributed by atoms with Crippen molar-refractivity contribution in [2.45, 2.75) is 30.7 Å². The normalized spacial score (nSPS) is 46.4. The summed E-state index contributed by atoms with van der Waals surface area (Å²) in [6.45, 7) is -0.443. The minimum atomic E-state index is -1.37. The summed E-state index contributed by atoms with van der Waals surface area (Å²) in [7, 11) is 0. The highest BCUT2D eigenvalue weighted by atomic mass is 127. The number of aliphatic hydroxyl groups is 4. The lowest BCUT2D eigenvalue weighted by Crippen LogP contribution is -2.58. The molecule has 0 radical (unpaired) electrons. The van der Waals surface area contributed by atoms with Crippen LogP contribution in [0.3, 0.4) is 0 Å². The Hall–Kier alpha value is 0.490. The van der Waals surface area contributed by atoms with Crippen LogP contribution in [0.1, 0.15) is 0 Å². The molecule has 0 aromatic carbocycles. The van der Waals surface area contributed by atoms with Crippen LogP contribution in [0.15, 0.2) is 0 Å². The fourth-order valence-corrected chi connectivity index (χ4v) is 1.56. The van der Waals surface area contributed by atoms with Crippen molar-refractivity contribution in [2.75, 3.05) is 6.61 Å². The standard InChI is InChI=1S/C6H11IO6/c7-13-6-5(11)4(10)3(9)2(1-8)12-6/h2-6,8-11H,1H2/t2?,3-,4-,5+,6+/m1/s1. The number of ether oxygens (including phenoxy) is 1. The fourth-order valence-electron chi connectivity index (χ4n) is 1.14. The van der Waals surface area contributed by atoms with E-state index in [1.165, 1.54) is 23.0 Å². The van der Waals surface area contributed by atoms with Gasteiger partial charge < -0.3 is 25.2 Å². The van der Waals surface area contributed by atoms with E-state index in [1.807, 2.05) is 0 Å². The minimum Gasteiger partial charge on any atom is -0.394 e.